The first-order valence-electron chi connectivity index (χ1n) is 7.58. The third-order valence-electron chi connectivity index (χ3n) is 3.34. The molecule has 0 saturated heterocycles. The van der Waals surface area contributed by atoms with Crippen LogP contribution in [0.1, 0.15) is 24.0 Å². The molecule has 0 spiro atoms. The van der Waals surface area contributed by atoms with E-state index in [1.165, 1.54) is 18.3 Å². The zero-order valence-electron chi connectivity index (χ0n) is 13.6. The van der Waals surface area contributed by atoms with Crippen LogP contribution >= 0.6 is 11.6 Å². The van der Waals surface area contributed by atoms with Crippen LogP contribution in [0.5, 0.6) is 0 Å². The fourth-order valence-electron chi connectivity index (χ4n) is 2.02. The monoisotopic (exact) mass is 361 g/mol. The van der Waals surface area contributed by atoms with E-state index < -0.39 is 11.7 Å². The summed E-state index contributed by atoms with van der Waals surface area (Å²) >= 11 is 5.86. The third kappa shape index (κ3) is 6.00. The van der Waals surface area contributed by atoms with Crippen LogP contribution < -0.4 is 10.7 Å². The number of halogens is 2. The zero-order chi connectivity index (χ0) is 18.2. The van der Waals surface area contributed by atoms with Crippen LogP contribution in [-0.2, 0) is 9.59 Å². The van der Waals surface area contributed by atoms with E-state index in [-0.39, 0.29) is 24.3 Å². The molecule has 0 bridgehead atoms. The van der Waals surface area contributed by atoms with Crippen LogP contribution in [0, 0.1) is 12.7 Å². The van der Waals surface area contributed by atoms with Crippen molar-refractivity contribution in [3.05, 3.63) is 64.4 Å². The molecule has 0 unspecified atom stereocenters. The molecule has 0 atom stereocenters. The van der Waals surface area contributed by atoms with E-state index in [9.17, 15) is 14.0 Å². The zero-order valence-corrected chi connectivity index (χ0v) is 14.3. The number of nitrogens with zero attached hydrogens (tertiary/aromatic N) is 1. The van der Waals surface area contributed by atoms with E-state index in [0.29, 0.717) is 10.7 Å². The first-order valence-corrected chi connectivity index (χ1v) is 7.96. The summed E-state index contributed by atoms with van der Waals surface area (Å²) in [4.78, 5) is 23.6. The summed E-state index contributed by atoms with van der Waals surface area (Å²) in [5, 5.41) is 6.98. The minimum Gasteiger partial charge on any atom is -0.326 e. The van der Waals surface area contributed by atoms with Gasteiger partial charge >= 0.3 is 0 Å². The molecule has 0 aliphatic rings. The van der Waals surface area contributed by atoms with Crippen molar-refractivity contribution in [1.82, 2.24) is 5.43 Å². The number of carbonyl (C=O) groups excluding carboxylic acids is 2. The molecule has 5 nitrogen and oxygen atoms in total. The van der Waals surface area contributed by atoms with Gasteiger partial charge in [-0.2, -0.15) is 5.10 Å². The molecule has 2 N–H and O–H groups in total. The number of hydrogen-bond donors (Lipinski definition) is 2. The number of aryl methyl sites for hydroxylation is 1. The molecule has 0 fully saturated rings. The minimum atomic E-state index is -0.435. The second-order valence-corrected chi connectivity index (χ2v) is 5.76. The summed E-state index contributed by atoms with van der Waals surface area (Å²) in [6.45, 7) is 1.83. The maximum Gasteiger partial charge on any atom is 0.240 e. The van der Waals surface area contributed by atoms with Crippen LogP contribution in [0.25, 0.3) is 0 Å². The molecule has 2 aromatic carbocycles. The molecule has 2 aromatic rings. The minimum absolute atomic E-state index is 0.00309. The van der Waals surface area contributed by atoms with Gasteiger partial charge in [-0.1, -0.05) is 29.8 Å². The van der Waals surface area contributed by atoms with Crippen LogP contribution in [-0.4, -0.2) is 18.0 Å². The van der Waals surface area contributed by atoms with Gasteiger partial charge in [-0.15, -0.1) is 0 Å². The third-order valence-corrected chi connectivity index (χ3v) is 3.57. The molecule has 0 saturated carbocycles. The fourth-order valence-corrected chi connectivity index (χ4v) is 2.24. The van der Waals surface area contributed by atoms with Gasteiger partial charge in [0, 0.05) is 29.1 Å². The molecule has 130 valence electrons. The van der Waals surface area contributed by atoms with E-state index in [1.807, 2.05) is 6.92 Å². The number of carbonyl (C=O) groups is 2. The van der Waals surface area contributed by atoms with Gasteiger partial charge in [0.1, 0.15) is 5.82 Å². The van der Waals surface area contributed by atoms with Crippen molar-refractivity contribution in [2.75, 3.05) is 5.32 Å². The quantitative estimate of drug-likeness (QED) is 0.609. The Kier molecular flexibility index (Phi) is 6.65. The van der Waals surface area contributed by atoms with Crippen LogP contribution in [0.4, 0.5) is 10.1 Å². The molecule has 0 radical (unpaired) electrons. The molecule has 0 heterocycles. The Balaban J connectivity index is 1.77. The summed E-state index contributed by atoms with van der Waals surface area (Å²) < 4.78 is 13.4. The standard InChI is InChI=1S/C18H17ClFN3O2/c1-12-10-14(19)6-7-16(12)22-17(24)8-9-18(25)23-21-11-13-4-2-3-5-15(13)20/h2-7,10-11H,8-9H2,1H3,(H,22,24)(H,23,25)/b21-11+. The predicted molar refractivity (Wildman–Crippen MR) is 96.2 cm³/mol. The normalized spacial score (nSPS) is 10.7. The lowest BCUT2D eigenvalue weighted by Gasteiger charge is -2.08. The number of nitrogens with one attached hydrogen (secondary N) is 2. The summed E-state index contributed by atoms with van der Waals surface area (Å²) in [6.07, 6.45) is 1.18. The molecular formula is C18H17ClFN3O2. The van der Waals surface area contributed by atoms with Gasteiger partial charge in [-0.3, -0.25) is 9.59 Å². The highest BCUT2D eigenvalue weighted by Crippen LogP contribution is 2.19. The number of hydrazone groups is 1. The Morgan fingerprint density at radius 1 is 1.16 bits per heavy atom. The number of rotatable bonds is 6. The Hall–Kier alpha value is -2.73. The fraction of sp³-hybridized carbons (Fsp3) is 0.167. The Bertz CT molecular complexity index is 809. The smallest absolute Gasteiger partial charge is 0.240 e. The van der Waals surface area contributed by atoms with Crippen molar-refractivity contribution in [1.29, 1.82) is 0 Å². The average molecular weight is 362 g/mol. The van der Waals surface area contributed by atoms with E-state index in [2.05, 4.69) is 15.8 Å². The Morgan fingerprint density at radius 3 is 2.60 bits per heavy atom. The number of amides is 2. The lowest BCUT2D eigenvalue weighted by Crippen LogP contribution is -2.21. The molecule has 25 heavy (non-hydrogen) atoms. The maximum absolute atomic E-state index is 13.4. The molecule has 0 aliphatic heterocycles. The van der Waals surface area contributed by atoms with Crippen LogP contribution in [0.15, 0.2) is 47.6 Å². The molecule has 0 aliphatic carbocycles. The second-order valence-electron chi connectivity index (χ2n) is 5.32. The summed E-state index contributed by atoms with van der Waals surface area (Å²) in [5.74, 6) is -1.16. The molecule has 2 rings (SSSR count). The SMILES string of the molecule is Cc1cc(Cl)ccc1NC(=O)CCC(=O)N/N=C/c1ccccc1F. The highest BCUT2D eigenvalue weighted by Gasteiger charge is 2.08. The molecule has 2 amide bonds. The van der Waals surface area contributed by atoms with Gasteiger partial charge in [0.05, 0.1) is 6.21 Å². The van der Waals surface area contributed by atoms with Crippen molar-refractivity contribution in [2.45, 2.75) is 19.8 Å². The lowest BCUT2D eigenvalue weighted by molar-refractivity contribution is -0.124. The van der Waals surface area contributed by atoms with Gasteiger partial charge in [0.2, 0.25) is 11.8 Å². The van der Waals surface area contributed by atoms with Crippen LogP contribution in [0.3, 0.4) is 0 Å². The van der Waals surface area contributed by atoms with Crippen molar-refractivity contribution in [2.24, 2.45) is 5.10 Å². The average Bonchev–Trinajstić information content (AvgIpc) is 2.57. The van der Waals surface area contributed by atoms with Crippen molar-refractivity contribution in [3.63, 3.8) is 0 Å². The summed E-state index contributed by atoms with van der Waals surface area (Å²) in [6, 6.07) is 11.2. The second kappa shape index (κ2) is 8.94. The molecule has 7 heteroatoms. The largest absolute Gasteiger partial charge is 0.326 e. The lowest BCUT2D eigenvalue weighted by atomic mass is 10.2. The van der Waals surface area contributed by atoms with Crippen molar-refractivity contribution in [3.8, 4) is 0 Å². The van der Waals surface area contributed by atoms with Gasteiger partial charge in [0.15, 0.2) is 0 Å². The highest BCUT2D eigenvalue weighted by atomic mass is 35.5. The van der Waals surface area contributed by atoms with Crippen LogP contribution in [0.2, 0.25) is 5.02 Å². The van der Waals surface area contributed by atoms with E-state index >= 15 is 0 Å². The van der Waals surface area contributed by atoms with Gasteiger partial charge in [-0.05, 0) is 36.8 Å². The van der Waals surface area contributed by atoms with Crippen molar-refractivity contribution >= 4 is 35.3 Å². The Labute approximate surface area is 149 Å². The first-order chi connectivity index (χ1) is 12.0. The number of hydrogen-bond acceptors (Lipinski definition) is 3. The van der Waals surface area contributed by atoms with Crippen molar-refractivity contribution < 1.29 is 14.0 Å². The number of benzene rings is 2. The van der Waals surface area contributed by atoms with E-state index in [0.717, 1.165) is 5.56 Å². The maximum atomic E-state index is 13.4. The van der Waals surface area contributed by atoms with Gasteiger partial charge in [-0.25, -0.2) is 9.82 Å². The highest BCUT2D eigenvalue weighted by molar-refractivity contribution is 6.30. The van der Waals surface area contributed by atoms with Gasteiger partial charge in [0.25, 0.3) is 0 Å². The summed E-state index contributed by atoms with van der Waals surface area (Å²) in [5.41, 5.74) is 4.00. The number of anilines is 1. The van der Waals surface area contributed by atoms with Gasteiger partial charge < -0.3 is 5.32 Å². The molecule has 0 aromatic heterocycles. The summed E-state index contributed by atoms with van der Waals surface area (Å²) in [7, 11) is 0. The van der Waals surface area contributed by atoms with E-state index in [1.54, 1.807) is 30.3 Å². The predicted octanol–water partition coefficient (Wildman–Crippen LogP) is 3.66. The topological polar surface area (TPSA) is 70.6 Å². The molecular weight excluding hydrogens is 345 g/mol. The van der Waals surface area contributed by atoms with E-state index in [4.69, 9.17) is 11.6 Å². The first kappa shape index (κ1) is 18.6. The Morgan fingerprint density at radius 2 is 1.88 bits per heavy atom.